The molecule has 2 heteroatoms. The van der Waals surface area contributed by atoms with Crippen molar-refractivity contribution in [1.29, 1.82) is 0 Å². The van der Waals surface area contributed by atoms with Crippen LogP contribution in [0.2, 0.25) is 0 Å². The molecule has 2 aromatic rings. The molecule has 0 radical (unpaired) electrons. The molecule has 0 saturated carbocycles. The molecule has 18 heavy (non-hydrogen) atoms. The third-order valence-corrected chi connectivity index (χ3v) is 3.17. The van der Waals surface area contributed by atoms with Crippen LogP contribution in [0.1, 0.15) is 23.6 Å². The molecule has 94 valence electrons. The topological polar surface area (TPSA) is 24.9 Å². The monoisotopic (exact) mass is 240 g/mol. The number of hydrogen-bond acceptors (Lipinski definition) is 2. The van der Waals surface area contributed by atoms with E-state index in [1.807, 2.05) is 12.4 Å². The molecule has 1 atom stereocenters. The van der Waals surface area contributed by atoms with E-state index in [0.717, 1.165) is 13.0 Å². The van der Waals surface area contributed by atoms with E-state index in [2.05, 4.69) is 60.5 Å². The van der Waals surface area contributed by atoms with Crippen LogP contribution < -0.4 is 5.32 Å². The minimum Gasteiger partial charge on any atom is -0.310 e. The summed E-state index contributed by atoms with van der Waals surface area (Å²) in [4.78, 5) is 4.17. The lowest BCUT2D eigenvalue weighted by Crippen LogP contribution is -2.27. The van der Waals surface area contributed by atoms with Crippen LogP contribution in [0.3, 0.4) is 0 Å². The van der Waals surface area contributed by atoms with Crippen molar-refractivity contribution >= 4 is 0 Å². The molecule has 2 nitrogen and oxygen atoms in total. The normalized spacial score (nSPS) is 12.3. The predicted octanol–water partition coefficient (Wildman–Crippen LogP) is 3.11. The van der Waals surface area contributed by atoms with Crippen molar-refractivity contribution in [3.05, 3.63) is 65.5 Å². The third-order valence-electron chi connectivity index (χ3n) is 3.17. The van der Waals surface area contributed by atoms with Gasteiger partial charge in [-0.15, -0.1) is 0 Å². The molecule has 2 rings (SSSR count). The zero-order valence-electron chi connectivity index (χ0n) is 11.1. The number of nitrogens with zero attached hydrogens (tertiary/aromatic N) is 1. The standard InChI is InChI=1S/C16H20N2/c1-13-8-9-17-11-16(13)12-18-14(2)10-15-6-4-3-5-7-15/h3-9,11,14,18H,10,12H2,1-2H3. The van der Waals surface area contributed by atoms with Gasteiger partial charge < -0.3 is 5.32 Å². The Kier molecular flexibility index (Phi) is 4.48. The second kappa shape index (κ2) is 6.31. The number of benzene rings is 1. The van der Waals surface area contributed by atoms with Crippen LogP contribution >= 0.6 is 0 Å². The van der Waals surface area contributed by atoms with Gasteiger partial charge in [0.05, 0.1) is 0 Å². The summed E-state index contributed by atoms with van der Waals surface area (Å²) in [6.07, 6.45) is 4.84. The molecular formula is C16H20N2. The first-order valence-electron chi connectivity index (χ1n) is 6.42. The molecule has 0 aliphatic heterocycles. The largest absolute Gasteiger partial charge is 0.310 e. The van der Waals surface area contributed by atoms with Crippen molar-refractivity contribution < 1.29 is 0 Å². The molecule has 0 fully saturated rings. The molecular weight excluding hydrogens is 220 g/mol. The third kappa shape index (κ3) is 3.67. The van der Waals surface area contributed by atoms with Gasteiger partial charge in [0, 0.05) is 25.0 Å². The van der Waals surface area contributed by atoms with E-state index >= 15 is 0 Å². The molecule has 1 aromatic carbocycles. The fourth-order valence-electron chi connectivity index (χ4n) is 2.01. The molecule has 1 aromatic heterocycles. The summed E-state index contributed by atoms with van der Waals surface area (Å²) in [6, 6.07) is 13.1. The summed E-state index contributed by atoms with van der Waals surface area (Å²) < 4.78 is 0. The molecule has 0 amide bonds. The second-order valence-corrected chi connectivity index (χ2v) is 4.77. The van der Waals surface area contributed by atoms with Crippen molar-refractivity contribution in [2.24, 2.45) is 0 Å². The average Bonchev–Trinajstić information content (AvgIpc) is 2.39. The number of aryl methyl sites for hydroxylation is 1. The predicted molar refractivity (Wildman–Crippen MR) is 75.4 cm³/mol. The van der Waals surface area contributed by atoms with Crippen molar-refractivity contribution in [2.45, 2.75) is 32.9 Å². The lowest BCUT2D eigenvalue weighted by atomic mass is 10.1. The van der Waals surface area contributed by atoms with Gasteiger partial charge >= 0.3 is 0 Å². The number of aromatic nitrogens is 1. The zero-order valence-corrected chi connectivity index (χ0v) is 11.1. The van der Waals surface area contributed by atoms with Crippen molar-refractivity contribution in [1.82, 2.24) is 10.3 Å². The minimum atomic E-state index is 0.465. The Morgan fingerprint density at radius 1 is 1.17 bits per heavy atom. The highest BCUT2D eigenvalue weighted by Gasteiger charge is 2.04. The van der Waals surface area contributed by atoms with Crippen LogP contribution in [0.4, 0.5) is 0 Å². The minimum absolute atomic E-state index is 0.465. The fraction of sp³-hybridized carbons (Fsp3) is 0.312. The Balaban J connectivity index is 1.86. The van der Waals surface area contributed by atoms with Crippen LogP contribution in [0.25, 0.3) is 0 Å². The number of pyridine rings is 1. The first-order valence-corrected chi connectivity index (χ1v) is 6.42. The van der Waals surface area contributed by atoms with E-state index in [0.29, 0.717) is 6.04 Å². The Morgan fingerprint density at radius 2 is 1.94 bits per heavy atom. The quantitative estimate of drug-likeness (QED) is 0.868. The average molecular weight is 240 g/mol. The molecule has 0 spiro atoms. The first kappa shape index (κ1) is 12.8. The molecule has 1 N–H and O–H groups in total. The highest BCUT2D eigenvalue weighted by molar-refractivity contribution is 5.21. The molecule has 1 unspecified atom stereocenters. The Bertz CT molecular complexity index is 479. The summed E-state index contributed by atoms with van der Waals surface area (Å²) >= 11 is 0. The fourth-order valence-corrected chi connectivity index (χ4v) is 2.01. The summed E-state index contributed by atoms with van der Waals surface area (Å²) in [5, 5.41) is 3.55. The molecule has 1 heterocycles. The van der Waals surface area contributed by atoms with E-state index in [9.17, 15) is 0 Å². The van der Waals surface area contributed by atoms with Crippen molar-refractivity contribution in [2.75, 3.05) is 0 Å². The van der Waals surface area contributed by atoms with Crippen LogP contribution in [-0.2, 0) is 13.0 Å². The summed E-state index contributed by atoms with van der Waals surface area (Å²) in [7, 11) is 0. The van der Waals surface area contributed by atoms with E-state index in [1.165, 1.54) is 16.7 Å². The lowest BCUT2D eigenvalue weighted by Gasteiger charge is -2.14. The molecule has 0 aliphatic rings. The SMILES string of the molecule is Cc1ccncc1CNC(C)Cc1ccccc1. The summed E-state index contributed by atoms with van der Waals surface area (Å²) in [5.41, 5.74) is 3.95. The van der Waals surface area contributed by atoms with Gasteiger partial charge in [0.15, 0.2) is 0 Å². The Labute approximate surface area is 109 Å². The van der Waals surface area contributed by atoms with E-state index in [4.69, 9.17) is 0 Å². The second-order valence-electron chi connectivity index (χ2n) is 4.77. The van der Waals surface area contributed by atoms with Gasteiger partial charge in [-0.25, -0.2) is 0 Å². The number of rotatable bonds is 5. The van der Waals surface area contributed by atoms with Gasteiger partial charge in [0.1, 0.15) is 0 Å². The number of hydrogen-bond donors (Lipinski definition) is 1. The maximum absolute atomic E-state index is 4.17. The highest BCUT2D eigenvalue weighted by atomic mass is 14.9. The summed E-state index contributed by atoms with van der Waals surface area (Å²) in [6.45, 7) is 5.23. The van der Waals surface area contributed by atoms with E-state index in [-0.39, 0.29) is 0 Å². The highest BCUT2D eigenvalue weighted by Crippen LogP contribution is 2.06. The molecule has 0 saturated heterocycles. The van der Waals surface area contributed by atoms with Crippen molar-refractivity contribution in [3.63, 3.8) is 0 Å². The van der Waals surface area contributed by atoms with Crippen LogP contribution in [-0.4, -0.2) is 11.0 Å². The van der Waals surface area contributed by atoms with Crippen LogP contribution in [0.15, 0.2) is 48.8 Å². The van der Waals surface area contributed by atoms with Crippen LogP contribution in [0.5, 0.6) is 0 Å². The Hall–Kier alpha value is -1.67. The first-order chi connectivity index (χ1) is 8.75. The number of nitrogens with one attached hydrogen (secondary N) is 1. The lowest BCUT2D eigenvalue weighted by molar-refractivity contribution is 0.544. The van der Waals surface area contributed by atoms with E-state index < -0.39 is 0 Å². The van der Waals surface area contributed by atoms with Gasteiger partial charge in [-0.05, 0) is 43.0 Å². The van der Waals surface area contributed by atoms with Crippen LogP contribution in [0, 0.1) is 6.92 Å². The zero-order chi connectivity index (χ0) is 12.8. The molecule has 0 aliphatic carbocycles. The smallest absolute Gasteiger partial charge is 0.0315 e. The maximum atomic E-state index is 4.17. The van der Waals surface area contributed by atoms with Gasteiger partial charge in [0.2, 0.25) is 0 Å². The van der Waals surface area contributed by atoms with Gasteiger partial charge in [-0.3, -0.25) is 4.98 Å². The van der Waals surface area contributed by atoms with E-state index in [1.54, 1.807) is 0 Å². The maximum Gasteiger partial charge on any atom is 0.0315 e. The van der Waals surface area contributed by atoms with Gasteiger partial charge in [-0.2, -0.15) is 0 Å². The summed E-state index contributed by atoms with van der Waals surface area (Å²) in [5.74, 6) is 0. The van der Waals surface area contributed by atoms with Gasteiger partial charge in [-0.1, -0.05) is 30.3 Å². The van der Waals surface area contributed by atoms with Crippen molar-refractivity contribution in [3.8, 4) is 0 Å². The Morgan fingerprint density at radius 3 is 2.67 bits per heavy atom. The van der Waals surface area contributed by atoms with Gasteiger partial charge in [0.25, 0.3) is 0 Å². The molecule has 0 bridgehead atoms.